The molecule has 0 spiro atoms. The molecule has 30 heavy (non-hydrogen) atoms. The van der Waals surface area contributed by atoms with E-state index in [2.05, 4.69) is 10.3 Å². The van der Waals surface area contributed by atoms with Crippen LogP contribution in [0.4, 0.5) is 10.8 Å². The van der Waals surface area contributed by atoms with E-state index in [9.17, 15) is 9.59 Å². The van der Waals surface area contributed by atoms with Crippen molar-refractivity contribution in [1.82, 2.24) is 4.98 Å². The van der Waals surface area contributed by atoms with Gasteiger partial charge in [0.25, 0.3) is 11.8 Å². The van der Waals surface area contributed by atoms with Gasteiger partial charge in [0.2, 0.25) is 0 Å². The van der Waals surface area contributed by atoms with Gasteiger partial charge in [-0.1, -0.05) is 25.1 Å². The second-order valence-electron chi connectivity index (χ2n) is 6.70. The maximum atomic E-state index is 12.2. The highest BCUT2D eigenvalue weighted by molar-refractivity contribution is 7.14. The molecular weight excluding hydrogens is 402 g/mol. The Labute approximate surface area is 178 Å². The Balaban J connectivity index is 1.45. The number of benzene rings is 2. The number of rotatable bonds is 7. The molecule has 2 heterocycles. The number of hydrogen-bond acceptors (Lipinski definition) is 6. The Hall–Kier alpha value is -3.39. The van der Waals surface area contributed by atoms with Crippen molar-refractivity contribution in [3.05, 3.63) is 53.9 Å². The number of ether oxygens (including phenoxy) is 2. The van der Waals surface area contributed by atoms with Crippen molar-refractivity contribution in [3.8, 4) is 22.8 Å². The van der Waals surface area contributed by atoms with Gasteiger partial charge in [-0.3, -0.25) is 14.9 Å². The number of nitrogens with one attached hydrogen (secondary N) is 1. The molecule has 1 N–H and O–H groups in total. The number of nitrogens with zero attached hydrogens (tertiary/aromatic N) is 2. The van der Waals surface area contributed by atoms with Crippen LogP contribution in [0.5, 0.6) is 11.5 Å². The van der Waals surface area contributed by atoms with Crippen LogP contribution in [0.2, 0.25) is 0 Å². The molecule has 7 nitrogen and oxygen atoms in total. The van der Waals surface area contributed by atoms with Gasteiger partial charge in [0.05, 0.1) is 11.4 Å². The largest absolute Gasteiger partial charge is 0.484 e. The van der Waals surface area contributed by atoms with Gasteiger partial charge in [0.15, 0.2) is 18.3 Å². The van der Waals surface area contributed by atoms with Crippen LogP contribution in [0, 0.1) is 0 Å². The van der Waals surface area contributed by atoms with Crippen molar-refractivity contribution in [2.75, 3.05) is 30.0 Å². The predicted molar refractivity (Wildman–Crippen MR) is 116 cm³/mol. The Morgan fingerprint density at radius 1 is 1.27 bits per heavy atom. The van der Waals surface area contributed by atoms with Crippen LogP contribution in [0.25, 0.3) is 11.3 Å². The molecule has 2 aromatic carbocycles. The minimum absolute atomic E-state index is 0.0499. The molecule has 0 unspecified atom stereocenters. The molecule has 3 aromatic rings. The van der Waals surface area contributed by atoms with Gasteiger partial charge in [0, 0.05) is 17.5 Å². The van der Waals surface area contributed by atoms with Crippen molar-refractivity contribution >= 4 is 34.0 Å². The first-order valence-electron chi connectivity index (χ1n) is 9.65. The lowest BCUT2D eigenvalue weighted by atomic mass is 10.1. The fraction of sp³-hybridized carbons (Fsp3) is 0.227. The molecule has 1 aliphatic heterocycles. The number of aromatic nitrogens is 1. The van der Waals surface area contributed by atoms with Gasteiger partial charge in [-0.25, -0.2) is 4.98 Å². The van der Waals surface area contributed by atoms with E-state index in [0.717, 1.165) is 23.4 Å². The van der Waals surface area contributed by atoms with Gasteiger partial charge >= 0.3 is 0 Å². The van der Waals surface area contributed by atoms with E-state index in [1.165, 1.54) is 11.3 Å². The molecule has 8 heteroatoms. The van der Waals surface area contributed by atoms with E-state index in [4.69, 9.17) is 9.47 Å². The van der Waals surface area contributed by atoms with Gasteiger partial charge < -0.3 is 14.4 Å². The highest BCUT2D eigenvalue weighted by Gasteiger charge is 2.25. The zero-order valence-corrected chi connectivity index (χ0v) is 17.3. The van der Waals surface area contributed by atoms with Crippen molar-refractivity contribution in [3.63, 3.8) is 0 Å². The summed E-state index contributed by atoms with van der Waals surface area (Å²) in [6, 6.07) is 14.8. The third-order valence-electron chi connectivity index (χ3n) is 4.51. The summed E-state index contributed by atoms with van der Waals surface area (Å²) in [5, 5.41) is 5.11. The Kier molecular flexibility index (Phi) is 5.94. The van der Waals surface area contributed by atoms with Gasteiger partial charge in [-0.2, -0.15) is 0 Å². The molecule has 0 radical (unpaired) electrons. The number of amides is 2. The highest BCUT2D eigenvalue weighted by atomic mass is 32.1. The molecule has 1 aromatic heterocycles. The summed E-state index contributed by atoms with van der Waals surface area (Å²) in [6.07, 6.45) is 0.855. The first-order valence-corrected chi connectivity index (χ1v) is 10.5. The van der Waals surface area contributed by atoms with Crippen LogP contribution in [0.15, 0.2) is 53.9 Å². The fourth-order valence-corrected chi connectivity index (χ4v) is 3.85. The maximum absolute atomic E-state index is 12.2. The molecule has 0 atom stereocenters. The molecule has 0 fully saturated rings. The highest BCUT2D eigenvalue weighted by Crippen LogP contribution is 2.36. The molecule has 0 saturated carbocycles. The van der Waals surface area contributed by atoms with E-state index in [1.54, 1.807) is 17.0 Å². The lowest BCUT2D eigenvalue weighted by Crippen LogP contribution is -2.39. The number of carbonyl (C=O) groups excluding carboxylic acids is 2. The van der Waals surface area contributed by atoms with E-state index in [-0.39, 0.29) is 25.0 Å². The first kappa shape index (κ1) is 19.9. The van der Waals surface area contributed by atoms with Crippen LogP contribution in [0.3, 0.4) is 0 Å². The number of thiazole rings is 1. The molecule has 0 aliphatic carbocycles. The summed E-state index contributed by atoms with van der Waals surface area (Å²) in [5.74, 6) is 0.994. The van der Waals surface area contributed by atoms with Crippen molar-refractivity contribution < 1.29 is 19.1 Å². The number of para-hydroxylation sites is 1. The van der Waals surface area contributed by atoms with Crippen LogP contribution < -0.4 is 19.7 Å². The summed E-state index contributed by atoms with van der Waals surface area (Å²) in [7, 11) is 0. The van der Waals surface area contributed by atoms with Gasteiger partial charge in [-0.15, -0.1) is 11.3 Å². The predicted octanol–water partition coefficient (Wildman–Crippen LogP) is 3.96. The van der Waals surface area contributed by atoms with E-state index in [0.29, 0.717) is 23.2 Å². The van der Waals surface area contributed by atoms with Crippen LogP contribution in [0.1, 0.15) is 13.3 Å². The third kappa shape index (κ3) is 4.44. The second-order valence-corrected chi connectivity index (χ2v) is 7.56. The molecule has 1 aliphatic rings. The summed E-state index contributed by atoms with van der Waals surface area (Å²) < 4.78 is 11.0. The van der Waals surface area contributed by atoms with Crippen molar-refractivity contribution in [1.29, 1.82) is 0 Å². The lowest BCUT2D eigenvalue weighted by molar-refractivity contribution is -0.121. The number of carbonyl (C=O) groups is 2. The molecule has 0 saturated heterocycles. The number of fused-ring (bicyclic) bond motifs is 1. The van der Waals surface area contributed by atoms with Crippen molar-refractivity contribution in [2.24, 2.45) is 0 Å². The molecule has 0 bridgehead atoms. The topological polar surface area (TPSA) is 80.8 Å². The monoisotopic (exact) mass is 423 g/mol. The average molecular weight is 423 g/mol. The fourth-order valence-electron chi connectivity index (χ4n) is 3.11. The van der Waals surface area contributed by atoms with E-state index < -0.39 is 0 Å². The number of anilines is 2. The van der Waals surface area contributed by atoms with Crippen LogP contribution in [-0.4, -0.2) is 36.6 Å². The SMILES string of the molecule is CCCN1C(=O)COc2ccc(-c3csc(NC(=O)COc4ccccc4)n3)cc21. The van der Waals surface area contributed by atoms with Crippen LogP contribution in [-0.2, 0) is 9.59 Å². The molecular formula is C22H21N3O4S. The summed E-state index contributed by atoms with van der Waals surface area (Å²) in [5.41, 5.74) is 2.32. The average Bonchev–Trinajstić information content (AvgIpc) is 3.23. The van der Waals surface area contributed by atoms with E-state index >= 15 is 0 Å². The summed E-state index contributed by atoms with van der Waals surface area (Å²) in [6.45, 7) is 2.63. The Morgan fingerprint density at radius 2 is 2.10 bits per heavy atom. The quantitative estimate of drug-likeness (QED) is 0.622. The van der Waals surface area contributed by atoms with Crippen molar-refractivity contribution in [2.45, 2.75) is 13.3 Å². The standard InChI is InChI=1S/C22H21N3O4S/c1-2-10-25-18-11-15(8-9-19(18)29-13-21(25)27)17-14-30-22(23-17)24-20(26)12-28-16-6-4-3-5-7-16/h3-9,11,14H,2,10,12-13H2,1H3,(H,23,24,26). The molecule has 2 amide bonds. The molecule has 154 valence electrons. The Bertz CT molecular complexity index is 1050. The minimum atomic E-state index is -0.279. The summed E-state index contributed by atoms with van der Waals surface area (Å²) in [4.78, 5) is 30.6. The van der Waals surface area contributed by atoms with Gasteiger partial charge in [-0.05, 0) is 36.8 Å². The lowest BCUT2D eigenvalue weighted by Gasteiger charge is -2.29. The zero-order chi connectivity index (χ0) is 20.9. The number of hydrogen-bond donors (Lipinski definition) is 1. The normalized spacial score (nSPS) is 12.8. The smallest absolute Gasteiger partial charge is 0.265 e. The van der Waals surface area contributed by atoms with Gasteiger partial charge in [0.1, 0.15) is 11.5 Å². The second kappa shape index (κ2) is 8.96. The van der Waals surface area contributed by atoms with Crippen LogP contribution >= 0.6 is 11.3 Å². The molecule has 4 rings (SSSR count). The summed E-state index contributed by atoms with van der Waals surface area (Å²) >= 11 is 1.33. The zero-order valence-electron chi connectivity index (χ0n) is 16.5. The Morgan fingerprint density at radius 3 is 2.90 bits per heavy atom. The maximum Gasteiger partial charge on any atom is 0.265 e. The van der Waals surface area contributed by atoms with E-state index in [1.807, 2.05) is 48.7 Å². The minimum Gasteiger partial charge on any atom is -0.484 e. The first-order chi connectivity index (χ1) is 14.6. The third-order valence-corrected chi connectivity index (χ3v) is 5.27.